The minimum Gasteiger partial charge on any atom is -0.294 e. The Morgan fingerprint density at radius 2 is 0.656 bits per heavy atom. The molecule has 0 spiro atoms. The lowest BCUT2D eigenvalue weighted by Gasteiger charge is -2.58. The first-order chi connectivity index (χ1) is 31.7. The van der Waals surface area contributed by atoms with E-state index in [4.69, 9.17) is 0 Å². The van der Waals surface area contributed by atoms with Gasteiger partial charge in [0.25, 0.3) is 0 Å². The highest BCUT2D eigenvalue weighted by Gasteiger charge is 2.66. The summed E-state index contributed by atoms with van der Waals surface area (Å²) in [7, 11) is 0. The number of hydrogen-bond acceptors (Lipinski definition) is 1. The predicted molar refractivity (Wildman–Crippen MR) is 268 cm³/mol. The van der Waals surface area contributed by atoms with Gasteiger partial charge in [-0.15, -0.1) is 0 Å². The first-order valence-corrected chi connectivity index (χ1v) is 31.5. The Bertz CT molecular complexity index is 1490. The van der Waals surface area contributed by atoms with Gasteiger partial charge in [0.2, 0.25) is 0 Å². The molecule has 0 amide bonds. The molecule has 0 N–H and O–H groups in total. The monoisotopic (exact) mass is 874 g/mol. The van der Waals surface area contributed by atoms with Crippen LogP contribution in [0.25, 0.3) is 0 Å². The van der Waals surface area contributed by atoms with E-state index in [1.54, 1.807) is 257 Å². The Kier molecular flexibility index (Phi) is 13.0. The van der Waals surface area contributed by atoms with Crippen LogP contribution in [0, 0.1) is 112 Å². The number of rotatable bonds is 7. The Morgan fingerprint density at radius 3 is 1.31 bits per heavy atom. The summed E-state index contributed by atoms with van der Waals surface area (Å²) in [6, 6.07) is 2.77. The third-order valence-electron chi connectivity index (χ3n) is 26.5. The van der Waals surface area contributed by atoms with E-state index in [2.05, 4.69) is 4.90 Å². The van der Waals surface area contributed by atoms with E-state index in [1.165, 1.54) is 6.42 Å². The summed E-state index contributed by atoms with van der Waals surface area (Å²) in [5, 5.41) is 0. The highest BCUT2D eigenvalue weighted by atomic mass is 15.2. The largest absolute Gasteiger partial charge is 0.294 e. The van der Waals surface area contributed by atoms with Crippen LogP contribution in [0.1, 0.15) is 263 Å². The van der Waals surface area contributed by atoms with Gasteiger partial charge >= 0.3 is 0 Å². The van der Waals surface area contributed by atoms with Crippen LogP contribution in [-0.2, 0) is 0 Å². The van der Waals surface area contributed by atoms with Gasteiger partial charge in [-0.05, 0) is 247 Å². The zero-order valence-electron chi connectivity index (χ0n) is 42.1. The summed E-state index contributed by atoms with van der Waals surface area (Å²) in [6.07, 6.45) is 65.7. The van der Waals surface area contributed by atoms with Crippen molar-refractivity contribution in [2.45, 2.75) is 281 Å². The van der Waals surface area contributed by atoms with Crippen LogP contribution in [0.3, 0.4) is 0 Å². The normalized spacial score (nSPS) is 50.2. The first-order valence-electron chi connectivity index (χ1n) is 31.5. The first kappa shape index (κ1) is 43.9. The lowest BCUT2D eigenvalue weighted by molar-refractivity contribution is -0.0929. The van der Waals surface area contributed by atoms with Crippen molar-refractivity contribution in [1.29, 1.82) is 0 Å². The van der Waals surface area contributed by atoms with Crippen LogP contribution in [-0.4, -0.2) is 23.0 Å². The van der Waals surface area contributed by atoms with Crippen molar-refractivity contribution in [3.8, 4) is 0 Å². The molecule has 64 heavy (non-hydrogen) atoms. The van der Waals surface area contributed by atoms with Crippen molar-refractivity contribution in [1.82, 2.24) is 4.90 Å². The molecule has 0 aromatic carbocycles. The molecular formula is C63H103N. The molecule has 0 saturated heterocycles. The van der Waals surface area contributed by atoms with Gasteiger partial charge in [0, 0.05) is 18.1 Å². The quantitative estimate of drug-likeness (QED) is 0.246. The maximum absolute atomic E-state index is 3.58. The minimum absolute atomic E-state index is 0.724. The molecule has 15 unspecified atom stereocenters. The van der Waals surface area contributed by atoms with Gasteiger partial charge in [-0.2, -0.15) is 0 Å². The van der Waals surface area contributed by atoms with Crippen LogP contribution in [0.2, 0.25) is 0 Å². The van der Waals surface area contributed by atoms with Gasteiger partial charge in [0.15, 0.2) is 0 Å². The highest BCUT2D eigenvalue weighted by Crippen LogP contribution is 2.73. The molecule has 0 bridgehead atoms. The second kappa shape index (κ2) is 18.9. The zero-order valence-corrected chi connectivity index (χ0v) is 42.1. The molecule has 0 aromatic rings. The van der Waals surface area contributed by atoms with Crippen LogP contribution < -0.4 is 0 Å². The molecule has 360 valence electrons. The molecule has 0 radical (unpaired) electrons. The smallest absolute Gasteiger partial charge is 0.0104 e. The molecular weight excluding hydrogens is 771 g/mol. The lowest BCUT2D eigenvalue weighted by atomic mass is 9.48. The average Bonchev–Trinajstić information content (AvgIpc) is 4.05. The molecule has 0 aliphatic heterocycles. The molecule has 15 atom stereocenters. The number of nitrogens with zero attached hydrogens (tertiary/aromatic N) is 1. The number of hydrogen-bond donors (Lipinski definition) is 0. The molecule has 13 saturated carbocycles. The van der Waals surface area contributed by atoms with Gasteiger partial charge in [-0.25, -0.2) is 0 Å². The summed E-state index contributed by atoms with van der Waals surface area (Å²) < 4.78 is 0. The second-order valence-corrected chi connectivity index (χ2v) is 28.4. The standard InChI is InChI=1S/C63H103N/c1-4-16-42(17-5-1)43-28-30-52(31-29-43)64(54-33-35-58-57-26-14-15-27-59(57)63(60(58)41-54,50-21-6-2-7-22-50)51-23-8-3-9-24-51)53-32-34-56-47(40-53)39-49-38-46-20-12-13-25-55(46)61(62(49)56)48-36-44-18-10-11-19-45(44)37-48/h42-62H,1-41H2. The highest BCUT2D eigenvalue weighted by molar-refractivity contribution is 5.16. The van der Waals surface area contributed by atoms with Crippen LogP contribution >= 0.6 is 0 Å². The Balaban J connectivity index is 0.804. The molecule has 13 rings (SSSR count). The SMILES string of the molecule is C1CCC(C2CCC(N(C3CCC4C(CC5CC6CCCCC6C(C6CC7CCCCC7C6)C54)C3)C3CCC4C5CCCCC5C(C5CCCCC5)(C5CCCCC5)C4C3)CC2)CC1. The summed E-state index contributed by atoms with van der Waals surface area (Å²) in [5.74, 6) is 19.9. The van der Waals surface area contributed by atoms with Crippen LogP contribution in [0.5, 0.6) is 0 Å². The Labute approximate surface area is 396 Å². The Hall–Kier alpha value is -0.0400. The van der Waals surface area contributed by atoms with Gasteiger partial charge in [0.1, 0.15) is 0 Å². The maximum atomic E-state index is 3.58. The molecule has 1 heteroatoms. The summed E-state index contributed by atoms with van der Waals surface area (Å²) in [5.41, 5.74) is 0.724. The summed E-state index contributed by atoms with van der Waals surface area (Å²) in [6.45, 7) is 0. The fourth-order valence-electron chi connectivity index (χ4n) is 24.7. The topological polar surface area (TPSA) is 3.24 Å². The van der Waals surface area contributed by atoms with E-state index in [-0.39, 0.29) is 0 Å². The predicted octanol–water partition coefficient (Wildman–Crippen LogP) is 17.6. The fraction of sp³-hybridized carbons (Fsp3) is 1.00. The number of fused-ring (bicyclic) bond motifs is 8. The van der Waals surface area contributed by atoms with Crippen molar-refractivity contribution >= 4 is 0 Å². The zero-order chi connectivity index (χ0) is 42.2. The van der Waals surface area contributed by atoms with Crippen molar-refractivity contribution in [3.63, 3.8) is 0 Å². The fourth-order valence-corrected chi connectivity index (χ4v) is 24.7. The lowest BCUT2D eigenvalue weighted by Crippen LogP contribution is -2.57. The summed E-state index contributed by atoms with van der Waals surface area (Å²) in [4.78, 5) is 3.58. The minimum atomic E-state index is 0.724. The van der Waals surface area contributed by atoms with E-state index in [1.807, 2.05) is 0 Å². The van der Waals surface area contributed by atoms with E-state index < -0.39 is 0 Å². The Morgan fingerprint density at radius 1 is 0.234 bits per heavy atom. The molecule has 0 heterocycles. The third-order valence-corrected chi connectivity index (χ3v) is 26.5. The maximum Gasteiger partial charge on any atom is 0.0104 e. The van der Waals surface area contributed by atoms with Gasteiger partial charge in [-0.3, -0.25) is 4.90 Å². The van der Waals surface area contributed by atoms with Gasteiger partial charge in [0.05, 0.1) is 0 Å². The molecule has 1 nitrogen and oxygen atoms in total. The molecule has 0 aromatic heterocycles. The van der Waals surface area contributed by atoms with E-state index in [9.17, 15) is 0 Å². The molecule has 13 fully saturated rings. The van der Waals surface area contributed by atoms with E-state index in [0.717, 1.165) is 130 Å². The van der Waals surface area contributed by atoms with E-state index >= 15 is 0 Å². The van der Waals surface area contributed by atoms with E-state index in [0.29, 0.717) is 0 Å². The van der Waals surface area contributed by atoms with Gasteiger partial charge < -0.3 is 0 Å². The molecule has 13 aliphatic rings. The van der Waals surface area contributed by atoms with Gasteiger partial charge in [-0.1, -0.05) is 128 Å². The van der Waals surface area contributed by atoms with Crippen molar-refractivity contribution in [2.24, 2.45) is 112 Å². The second-order valence-electron chi connectivity index (χ2n) is 28.4. The molecule has 13 aliphatic carbocycles. The average molecular weight is 875 g/mol. The van der Waals surface area contributed by atoms with Crippen molar-refractivity contribution in [2.75, 3.05) is 0 Å². The third kappa shape index (κ3) is 7.70. The van der Waals surface area contributed by atoms with Crippen molar-refractivity contribution < 1.29 is 0 Å². The van der Waals surface area contributed by atoms with Crippen LogP contribution in [0.4, 0.5) is 0 Å². The summed E-state index contributed by atoms with van der Waals surface area (Å²) >= 11 is 0. The van der Waals surface area contributed by atoms with Crippen LogP contribution in [0.15, 0.2) is 0 Å². The van der Waals surface area contributed by atoms with Crippen molar-refractivity contribution in [3.05, 3.63) is 0 Å².